The maximum atomic E-state index is 12.7. The number of anilines is 2. The summed E-state index contributed by atoms with van der Waals surface area (Å²) in [7, 11) is 3.35. The van der Waals surface area contributed by atoms with Crippen molar-refractivity contribution in [2.75, 3.05) is 30.9 Å². The van der Waals surface area contributed by atoms with Crippen molar-refractivity contribution in [3.63, 3.8) is 0 Å². The minimum atomic E-state index is -0.467. The molecule has 0 radical (unpaired) electrons. The fourth-order valence-corrected chi connectivity index (χ4v) is 3.71. The molecule has 2 aromatic carbocycles. The summed E-state index contributed by atoms with van der Waals surface area (Å²) in [6, 6.07) is 14.1. The second-order valence-electron chi connectivity index (χ2n) is 6.63. The van der Waals surface area contributed by atoms with Crippen molar-refractivity contribution in [3.05, 3.63) is 53.6 Å². The van der Waals surface area contributed by atoms with E-state index in [0.717, 1.165) is 17.4 Å². The Kier molecular flexibility index (Phi) is 6.26. The maximum Gasteiger partial charge on any atom is 0.286 e. The van der Waals surface area contributed by atoms with Crippen molar-refractivity contribution in [2.24, 2.45) is 5.92 Å². The molecule has 0 spiro atoms. The van der Waals surface area contributed by atoms with Crippen LogP contribution in [0.5, 0.6) is 0 Å². The highest BCUT2D eigenvalue weighted by atomic mass is 35.5. The molecule has 1 unspecified atom stereocenters. The predicted octanol–water partition coefficient (Wildman–Crippen LogP) is 4.11. The zero-order valence-corrected chi connectivity index (χ0v) is 17.1. The van der Waals surface area contributed by atoms with E-state index in [9.17, 15) is 14.4 Å². The number of nitrogens with one attached hydrogen (secondary N) is 1. The Morgan fingerprint density at radius 2 is 1.82 bits per heavy atom. The predicted molar refractivity (Wildman–Crippen MR) is 112 cm³/mol. The van der Waals surface area contributed by atoms with Crippen LogP contribution in [0.4, 0.5) is 16.2 Å². The number of nitrogens with zero attached hydrogens (tertiary/aromatic N) is 2. The average molecular weight is 418 g/mol. The number of carbonyl (C=O) groups is 3. The van der Waals surface area contributed by atoms with E-state index in [0.29, 0.717) is 22.2 Å². The highest BCUT2D eigenvalue weighted by molar-refractivity contribution is 8.13. The molecule has 0 aromatic heterocycles. The fraction of sp³-hybridized carbons (Fsp3) is 0.250. The maximum absolute atomic E-state index is 12.7. The van der Waals surface area contributed by atoms with Crippen LogP contribution >= 0.6 is 23.4 Å². The second kappa shape index (κ2) is 8.67. The Morgan fingerprint density at radius 3 is 2.50 bits per heavy atom. The fourth-order valence-electron chi connectivity index (χ4n) is 2.83. The van der Waals surface area contributed by atoms with Gasteiger partial charge in [-0.3, -0.25) is 14.4 Å². The van der Waals surface area contributed by atoms with Crippen LogP contribution in [0.25, 0.3) is 0 Å². The summed E-state index contributed by atoms with van der Waals surface area (Å²) in [6.07, 6.45) is 0.139. The van der Waals surface area contributed by atoms with Gasteiger partial charge in [0, 0.05) is 42.7 Å². The van der Waals surface area contributed by atoms with E-state index >= 15 is 0 Å². The number of carbonyl (C=O) groups excluding carboxylic acids is 3. The molecule has 2 aromatic rings. The van der Waals surface area contributed by atoms with Gasteiger partial charge in [-0.15, -0.1) is 0 Å². The van der Waals surface area contributed by atoms with Crippen LogP contribution in [-0.2, 0) is 9.59 Å². The SMILES string of the molecule is CN(C)C(=O)Sc1ccccc1NC(=O)C1CC(=O)N(c2ccc(Cl)cc2)C1. The lowest BCUT2D eigenvalue weighted by Gasteiger charge is -2.17. The Balaban J connectivity index is 1.70. The van der Waals surface area contributed by atoms with E-state index in [2.05, 4.69) is 5.32 Å². The van der Waals surface area contributed by atoms with E-state index in [-0.39, 0.29) is 23.5 Å². The van der Waals surface area contributed by atoms with Gasteiger partial charge in [0.25, 0.3) is 5.24 Å². The lowest BCUT2D eigenvalue weighted by molar-refractivity contribution is -0.122. The summed E-state index contributed by atoms with van der Waals surface area (Å²) in [5.74, 6) is -0.811. The molecule has 0 aliphatic carbocycles. The van der Waals surface area contributed by atoms with Crippen LogP contribution in [-0.4, -0.2) is 42.6 Å². The molecular weight excluding hydrogens is 398 g/mol. The number of hydrogen-bond acceptors (Lipinski definition) is 4. The highest BCUT2D eigenvalue weighted by Gasteiger charge is 2.35. The van der Waals surface area contributed by atoms with Gasteiger partial charge < -0.3 is 15.1 Å². The van der Waals surface area contributed by atoms with Crippen LogP contribution in [0.3, 0.4) is 0 Å². The first-order chi connectivity index (χ1) is 13.3. The van der Waals surface area contributed by atoms with Crippen LogP contribution in [0.1, 0.15) is 6.42 Å². The molecule has 1 N–H and O–H groups in total. The minimum Gasteiger partial charge on any atom is -0.339 e. The quantitative estimate of drug-likeness (QED) is 0.760. The van der Waals surface area contributed by atoms with Gasteiger partial charge >= 0.3 is 0 Å². The molecule has 6 nitrogen and oxygen atoms in total. The molecule has 28 heavy (non-hydrogen) atoms. The Bertz CT molecular complexity index is 902. The molecule has 1 aliphatic rings. The van der Waals surface area contributed by atoms with Gasteiger partial charge in [0.05, 0.1) is 11.6 Å². The van der Waals surface area contributed by atoms with E-state index in [1.165, 1.54) is 4.90 Å². The van der Waals surface area contributed by atoms with Gasteiger partial charge in [-0.2, -0.15) is 0 Å². The third-order valence-corrected chi connectivity index (χ3v) is 5.71. The normalized spacial score (nSPS) is 16.2. The van der Waals surface area contributed by atoms with Gasteiger partial charge in [0.15, 0.2) is 0 Å². The molecular formula is C20H20ClN3O3S. The summed E-state index contributed by atoms with van der Waals surface area (Å²) < 4.78 is 0. The van der Waals surface area contributed by atoms with Crippen molar-refractivity contribution < 1.29 is 14.4 Å². The van der Waals surface area contributed by atoms with E-state index < -0.39 is 5.92 Å². The van der Waals surface area contributed by atoms with Gasteiger partial charge in [-0.1, -0.05) is 23.7 Å². The van der Waals surface area contributed by atoms with E-state index in [1.807, 2.05) is 6.07 Å². The molecule has 0 saturated carbocycles. The Morgan fingerprint density at radius 1 is 1.14 bits per heavy atom. The second-order valence-corrected chi connectivity index (χ2v) is 8.06. The zero-order chi connectivity index (χ0) is 20.3. The van der Waals surface area contributed by atoms with Crippen LogP contribution in [0.15, 0.2) is 53.4 Å². The summed E-state index contributed by atoms with van der Waals surface area (Å²) in [5.41, 5.74) is 1.28. The molecule has 1 aliphatic heterocycles. The Labute approximate surface area is 172 Å². The summed E-state index contributed by atoms with van der Waals surface area (Å²) in [6.45, 7) is 0.304. The first-order valence-corrected chi connectivity index (χ1v) is 9.89. The molecule has 0 bridgehead atoms. The third-order valence-electron chi connectivity index (χ3n) is 4.34. The molecule has 8 heteroatoms. The largest absolute Gasteiger partial charge is 0.339 e. The molecule has 3 amide bonds. The van der Waals surface area contributed by atoms with Gasteiger partial charge in [-0.05, 0) is 48.2 Å². The monoisotopic (exact) mass is 417 g/mol. The molecule has 3 rings (SSSR count). The van der Waals surface area contributed by atoms with Crippen molar-refractivity contribution in [1.29, 1.82) is 0 Å². The van der Waals surface area contributed by atoms with Crippen molar-refractivity contribution in [1.82, 2.24) is 4.90 Å². The van der Waals surface area contributed by atoms with Gasteiger partial charge in [0.1, 0.15) is 0 Å². The number of hydrogen-bond donors (Lipinski definition) is 1. The standard InChI is InChI=1S/C20H20ClN3O3S/c1-23(2)20(27)28-17-6-4-3-5-16(17)22-19(26)13-11-18(25)24(12-13)15-9-7-14(21)8-10-15/h3-10,13H,11-12H2,1-2H3,(H,22,26). The number of benzene rings is 2. The molecule has 1 fully saturated rings. The third kappa shape index (κ3) is 4.66. The summed E-state index contributed by atoms with van der Waals surface area (Å²) in [5, 5.41) is 3.32. The minimum absolute atomic E-state index is 0.104. The van der Waals surface area contributed by atoms with Crippen LogP contribution in [0.2, 0.25) is 5.02 Å². The average Bonchev–Trinajstić information content (AvgIpc) is 3.05. The van der Waals surface area contributed by atoms with E-state index in [4.69, 9.17) is 11.6 Å². The molecule has 1 saturated heterocycles. The Hall–Kier alpha value is -2.51. The number of rotatable bonds is 4. The van der Waals surface area contributed by atoms with Crippen molar-refractivity contribution >= 4 is 51.8 Å². The van der Waals surface area contributed by atoms with E-state index in [1.54, 1.807) is 61.5 Å². The number of halogens is 1. The van der Waals surface area contributed by atoms with Crippen molar-refractivity contribution in [3.8, 4) is 0 Å². The molecule has 1 heterocycles. The van der Waals surface area contributed by atoms with Gasteiger partial charge in [0.2, 0.25) is 11.8 Å². The van der Waals surface area contributed by atoms with Crippen LogP contribution < -0.4 is 10.2 Å². The number of para-hydroxylation sites is 1. The summed E-state index contributed by atoms with van der Waals surface area (Å²) in [4.78, 5) is 40.8. The zero-order valence-electron chi connectivity index (χ0n) is 15.5. The number of amides is 3. The van der Waals surface area contributed by atoms with Crippen LogP contribution in [0, 0.1) is 5.92 Å². The first-order valence-electron chi connectivity index (χ1n) is 8.70. The summed E-state index contributed by atoms with van der Waals surface area (Å²) >= 11 is 6.94. The smallest absolute Gasteiger partial charge is 0.286 e. The molecule has 146 valence electrons. The first kappa shape index (κ1) is 20.2. The lowest BCUT2D eigenvalue weighted by atomic mass is 10.1. The van der Waals surface area contributed by atoms with Crippen molar-refractivity contribution in [2.45, 2.75) is 11.3 Å². The van der Waals surface area contributed by atoms with Gasteiger partial charge in [-0.25, -0.2) is 0 Å². The topological polar surface area (TPSA) is 69.7 Å². The highest BCUT2D eigenvalue weighted by Crippen LogP contribution is 2.31. The molecule has 1 atom stereocenters. The lowest BCUT2D eigenvalue weighted by Crippen LogP contribution is -2.28. The number of thioether (sulfide) groups is 1.